The molecule has 3 rings (SSSR count). The molecular weight excluding hydrogens is 344 g/mol. The first-order valence-electron chi connectivity index (χ1n) is 7.36. The summed E-state index contributed by atoms with van der Waals surface area (Å²) in [6, 6.07) is 9.60. The van der Waals surface area contributed by atoms with Crippen LogP contribution in [0.5, 0.6) is 0 Å². The van der Waals surface area contributed by atoms with E-state index in [1.807, 2.05) is 31.3 Å². The molecule has 0 saturated carbocycles. The number of nitrogens with zero attached hydrogens (tertiary/aromatic N) is 1. The summed E-state index contributed by atoms with van der Waals surface area (Å²) in [5.74, 6) is -0.694. The van der Waals surface area contributed by atoms with Crippen molar-refractivity contribution in [2.24, 2.45) is 5.73 Å². The smallest absolute Gasteiger partial charge is 0.280 e. The molecule has 2 aromatic heterocycles. The highest BCUT2D eigenvalue weighted by atomic mass is 32.1. The van der Waals surface area contributed by atoms with Gasteiger partial charge in [-0.05, 0) is 23.6 Å². The SMILES string of the molecule is C[NH+](CC(=O)Nc1sccc1C(N)=O)Cc1nc2ccccc2s1. The number of thiophene rings is 1. The van der Waals surface area contributed by atoms with Crippen LogP contribution in [0.3, 0.4) is 0 Å². The summed E-state index contributed by atoms with van der Waals surface area (Å²) < 4.78 is 1.15. The fourth-order valence-electron chi connectivity index (χ4n) is 2.36. The Kier molecular flexibility index (Phi) is 4.89. The zero-order valence-electron chi connectivity index (χ0n) is 13.0. The number of nitrogens with two attached hydrogens (primary N) is 1. The largest absolute Gasteiger partial charge is 0.366 e. The lowest BCUT2D eigenvalue weighted by atomic mass is 10.3. The molecule has 0 fully saturated rings. The summed E-state index contributed by atoms with van der Waals surface area (Å²) in [6.07, 6.45) is 0. The zero-order valence-corrected chi connectivity index (χ0v) is 14.7. The van der Waals surface area contributed by atoms with E-state index in [2.05, 4.69) is 10.3 Å². The number of carbonyl (C=O) groups excluding carboxylic acids is 2. The van der Waals surface area contributed by atoms with Crippen molar-refractivity contribution in [2.75, 3.05) is 18.9 Å². The highest BCUT2D eigenvalue weighted by Gasteiger charge is 2.16. The maximum Gasteiger partial charge on any atom is 0.280 e. The molecule has 8 heteroatoms. The van der Waals surface area contributed by atoms with Crippen molar-refractivity contribution in [3.63, 3.8) is 0 Å². The van der Waals surface area contributed by atoms with Gasteiger partial charge in [0.15, 0.2) is 6.54 Å². The number of thiazole rings is 1. The Balaban J connectivity index is 1.59. The van der Waals surface area contributed by atoms with E-state index in [1.165, 1.54) is 11.3 Å². The summed E-state index contributed by atoms with van der Waals surface area (Å²) in [4.78, 5) is 29.0. The van der Waals surface area contributed by atoms with Crippen molar-refractivity contribution in [1.82, 2.24) is 4.98 Å². The van der Waals surface area contributed by atoms with Crippen LogP contribution in [0.2, 0.25) is 0 Å². The van der Waals surface area contributed by atoms with E-state index in [0.717, 1.165) is 20.1 Å². The van der Waals surface area contributed by atoms with E-state index in [9.17, 15) is 9.59 Å². The number of hydrogen-bond donors (Lipinski definition) is 3. The van der Waals surface area contributed by atoms with Crippen molar-refractivity contribution < 1.29 is 14.5 Å². The summed E-state index contributed by atoms with van der Waals surface area (Å²) >= 11 is 2.93. The molecule has 1 atom stereocenters. The number of fused-ring (bicyclic) bond motifs is 1. The molecule has 0 spiro atoms. The molecule has 0 saturated heterocycles. The second-order valence-electron chi connectivity index (χ2n) is 5.46. The molecule has 0 aliphatic heterocycles. The standard InChI is InChI=1S/C16H16N4O2S2/c1-20(9-14-18-11-4-2-3-5-12(11)24-14)8-13(21)19-16-10(15(17)22)6-7-23-16/h2-7H,8-9H2,1H3,(H2,17,22)(H,19,21)/p+1. The number of nitrogens with one attached hydrogen (secondary N) is 2. The van der Waals surface area contributed by atoms with Crippen molar-refractivity contribution >= 4 is 49.7 Å². The molecule has 1 aromatic carbocycles. The molecule has 3 aromatic rings. The number of quaternary nitrogens is 1. The molecule has 0 aliphatic carbocycles. The second-order valence-corrected chi connectivity index (χ2v) is 7.49. The lowest BCUT2D eigenvalue weighted by molar-refractivity contribution is -0.885. The minimum Gasteiger partial charge on any atom is -0.366 e. The molecule has 6 nitrogen and oxygen atoms in total. The van der Waals surface area contributed by atoms with Crippen LogP contribution in [-0.4, -0.2) is 30.4 Å². The van der Waals surface area contributed by atoms with E-state index in [0.29, 0.717) is 17.1 Å². The second kappa shape index (κ2) is 7.08. The third-order valence-electron chi connectivity index (χ3n) is 3.44. The maximum absolute atomic E-state index is 12.2. The van der Waals surface area contributed by atoms with Crippen LogP contribution >= 0.6 is 22.7 Å². The van der Waals surface area contributed by atoms with E-state index in [1.54, 1.807) is 22.8 Å². The molecular formula is C16H17N4O2S2+. The van der Waals surface area contributed by atoms with Gasteiger partial charge >= 0.3 is 0 Å². The number of rotatable bonds is 6. The zero-order chi connectivity index (χ0) is 17.1. The molecule has 0 aliphatic rings. The molecule has 1 unspecified atom stereocenters. The first-order valence-corrected chi connectivity index (χ1v) is 9.05. The quantitative estimate of drug-likeness (QED) is 0.614. The monoisotopic (exact) mass is 361 g/mol. The Morgan fingerprint density at radius 2 is 2.08 bits per heavy atom. The van der Waals surface area contributed by atoms with Gasteiger partial charge in [0.2, 0.25) is 0 Å². The van der Waals surface area contributed by atoms with Crippen molar-refractivity contribution in [1.29, 1.82) is 0 Å². The van der Waals surface area contributed by atoms with Gasteiger partial charge in [-0.3, -0.25) is 9.59 Å². The van der Waals surface area contributed by atoms with Gasteiger partial charge in [0.25, 0.3) is 11.8 Å². The Hall–Kier alpha value is -2.29. The number of primary amides is 1. The minimum absolute atomic E-state index is 0.154. The first kappa shape index (κ1) is 16.6. The average Bonchev–Trinajstić information content (AvgIpc) is 3.12. The predicted molar refractivity (Wildman–Crippen MR) is 96.5 cm³/mol. The number of anilines is 1. The Bertz CT molecular complexity index is 854. The summed E-state index contributed by atoms with van der Waals surface area (Å²) in [6.45, 7) is 0.950. The lowest BCUT2D eigenvalue weighted by Gasteiger charge is -2.12. The molecule has 24 heavy (non-hydrogen) atoms. The van der Waals surface area contributed by atoms with E-state index in [4.69, 9.17) is 5.73 Å². The number of aromatic nitrogens is 1. The summed E-state index contributed by atoms with van der Waals surface area (Å²) in [7, 11) is 1.94. The first-order chi connectivity index (χ1) is 11.5. The van der Waals surface area contributed by atoms with Crippen molar-refractivity contribution in [3.8, 4) is 0 Å². The van der Waals surface area contributed by atoms with Gasteiger partial charge in [-0.25, -0.2) is 4.98 Å². The Morgan fingerprint density at radius 3 is 2.83 bits per heavy atom. The number of hydrogen-bond acceptors (Lipinski definition) is 5. The molecule has 4 N–H and O–H groups in total. The number of likely N-dealkylation sites (N-methyl/N-ethyl adjacent to an activating group) is 1. The minimum atomic E-state index is -0.540. The topological polar surface area (TPSA) is 89.5 Å². The van der Waals surface area contributed by atoms with Crippen LogP contribution in [0.1, 0.15) is 15.4 Å². The molecule has 2 amide bonds. The fourth-order valence-corrected chi connectivity index (χ4v) is 4.25. The Labute approximate surface area is 146 Å². The third-order valence-corrected chi connectivity index (χ3v) is 5.30. The maximum atomic E-state index is 12.2. The average molecular weight is 361 g/mol. The van der Waals surface area contributed by atoms with Crippen LogP contribution in [0.25, 0.3) is 10.2 Å². The van der Waals surface area contributed by atoms with Gasteiger partial charge in [0.1, 0.15) is 16.6 Å². The van der Waals surface area contributed by atoms with Gasteiger partial charge in [0, 0.05) is 0 Å². The van der Waals surface area contributed by atoms with Crippen LogP contribution in [0.4, 0.5) is 5.00 Å². The van der Waals surface area contributed by atoms with E-state index >= 15 is 0 Å². The fraction of sp³-hybridized carbons (Fsp3) is 0.188. The van der Waals surface area contributed by atoms with Gasteiger partial charge in [-0.1, -0.05) is 12.1 Å². The van der Waals surface area contributed by atoms with E-state index < -0.39 is 5.91 Å². The van der Waals surface area contributed by atoms with E-state index in [-0.39, 0.29) is 12.5 Å². The van der Waals surface area contributed by atoms with Gasteiger partial charge in [0.05, 0.1) is 22.8 Å². The summed E-state index contributed by atoms with van der Waals surface area (Å²) in [5, 5.41) is 5.98. The van der Waals surface area contributed by atoms with Crippen LogP contribution in [0.15, 0.2) is 35.7 Å². The normalized spacial score (nSPS) is 12.2. The summed E-state index contributed by atoms with van der Waals surface area (Å²) in [5.41, 5.74) is 6.61. The van der Waals surface area contributed by atoms with Gasteiger partial charge in [-0.15, -0.1) is 22.7 Å². The highest BCUT2D eigenvalue weighted by molar-refractivity contribution is 7.18. The predicted octanol–water partition coefficient (Wildman–Crippen LogP) is 1.11. The van der Waals surface area contributed by atoms with Crippen LogP contribution in [-0.2, 0) is 11.3 Å². The number of para-hydroxylation sites is 1. The Morgan fingerprint density at radius 1 is 1.29 bits per heavy atom. The molecule has 2 heterocycles. The van der Waals surface area contributed by atoms with Gasteiger partial charge < -0.3 is 16.0 Å². The van der Waals surface area contributed by atoms with Crippen LogP contribution in [0, 0.1) is 0 Å². The molecule has 0 bridgehead atoms. The number of carbonyl (C=O) groups is 2. The number of amides is 2. The number of benzene rings is 1. The lowest BCUT2D eigenvalue weighted by Crippen LogP contribution is -3.08. The van der Waals surface area contributed by atoms with Crippen molar-refractivity contribution in [2.45, 2.75) is 6.54 Å². The molecule has 0 radical (unpaired) electrons. The highest BCUT2D eigenvalue weighted by Crippen LogP contribution is 2.22. The van der Waals surface area contributed by atoms with Gasteiger partial charge in [-0.2, -0.15) is 0 Å². The van der Waals surface area contributed by atoms with Crippen LogP contribution < -0.4 is 16.0 Å². The van der Waals surface area contributed by atoms with Crippen molar-refractivity contribution in [3.05, 3.63) is 46.3 Å². The third kappa shape index (κ3) is 3.78. The molecule has 124 valence electrons.